The summed E-state index contributed by atoms with van der Waals surface area (Å²) in [5.41, 5.74) is 0. The van der Waals surface area contributed by atoms with Gasteiger partial charge in [-0.15, -0.1) is 0 Å². The average Bonchev–Trinajstić information content (AvgIpc) is 3.29. The second-order valence-corrected chi connectivity index (χ2v) is 18.5. The Hall–Kier alpha value is -2.63. The lowest BCUT2D eigenvalue weighted by Crippen LogP contribution is -2.30. The van der Waals surface area contributed by atoms with E-state index in [1.807, 2.05) is 0 Å². The normalized spacial score (nSPS) is 12.4. The van der Waals surface area contributed by atoms with Crippen molar-refractivity contribution >= 4 is 17.9 Å². The number of rotatable bonds is 50. The Bertz CT molecular complexity index is 1120. The molecule has 64 heavy (non-hydrogen) atoms. The maximum absolute atomic E-state index is 12.8. The van der Waals surface area contributed by atoms with E-state index < -0.39 is 6.10 Å². The number of hydrogen-bond donors (Lipinski definition) is 0. The minimum atomic E-state index is -0.781. The monoisotopic (exact) mass is 897 g/mol. The third kappa shape index (κ3) is 50.4. The summed E-state index contributed by atoms with van der Waals surface area (Å²) < 4.78 is 16.8. The van der Waals surface area contributed by atoms with Crippen LogP contribution in [0.3, 0.4) is 0 Å². The summed E-state index contributed by atoms with van der Waals surface area (Å²) in [6.07, 6.45) is 63.8. The summed E-state index contributed by atoms with van der Waals surface area (Å²) in [4.78, 5) is 38.1. The minimum absolute atomic E-state index is 0.0787. The fraction of sp³-hybridized carbons (Fsp3) is 0.810. The Morgan fingerprint density at radius 2 is 0.625 bits per heavy atom. The third-order valence-electron chi connectivity index (χ3n) is 12.1. The summed E-state index contributed by atoms with van der Waals surface area (Å²) in [6.45, 7) is 6.50. The lowest BCUT2D eigenvalue weighted by atomic mass is 10.0. The van der Waals surface area contributed by atoms with Crippen LogP contribution in [0.2, 0.25) is 0 Å². The van der Waals surface area contributed by atoms with E-state index in [0.29, 0.717) is 19.3 Å². The van der Waals surface area contributed by atoms with Crippen molar-refractivity contribution in [2.45, 2.75) is 290 Å². The van der Waals surface area contributed by atoms with Gasteiger partial charge in [0.2, 0.25) is 0 Å². The van der Waals surface area contributed by atoms with Crippen molar-refractivity contribution in [3.8, 4) is 0 Å². The Kier molecular flexibility index (Phi) is 50.8. The summed E-state index contributed by atoms with van der Waals surface area (Å²) in [5, 5.41) is 0. The van der Waals surface area contributed by atoms with Crippen molar-refractivity contribution in [2.24, 2.45) is 0 Å². The predicted molar refractivity (Wildman–Crippen MR) is 275 cm³/mol. The molecule has 0 bridgehead atoms. The van der Waals surface area contributed by atoms with Gasteiger partial charge < -0.3 is 14.2 Å². The molecule has 1 atom stereocenters. The first-order valence-electron chi connectivity index (χ1n) is 27.7. The van der Waals surface area contributed by atoms with E-state index in [4.69, 9.17) is 14.2 Å². The Balaban J connectivity index is 4.35. The molecule has 372 valence electrons. The smallest absolute Gasteiger partial charge is 0.306 e. The van der Waals surface area contributed by atoms with Crippen molar-refractivity contribution in [3.63, 3.8) is 0 Å². The lowest BCUT2D eigenvalue weighted by molar-refractivity contribution is -0.167. The molecule has 0 N–H and O–H groups in total. The van der Waals surface area contributed by atoms with Gasteiger partial charge in [-0.3, -0.25) is 14.4 Å². The van der Waals surface area contributed by atoms with Crippen LogP contribution >= 0.6 is 0 Å². The largest absolute Gasteiger partial charge is 0.462 e. The molecule has 0 amide bonds. The van der Waals surface area contributed by atoms with Crippen LogP contribution in [0.15, 0.2) is 48.6 Å². The van der Waals surface area contributed by atoms with Crippen LogP contribution in [0.4, 0.5) is 0 Å². The van der Waals surface area contributed by atoms with Crippen LogP contribution in [0, 0.1) is 0 Å². The van der Waals surface area contributed by atoms with Crippen molar-refractivity contribution in [3.05, 3.63) is 48.6 Å². The van der Waals surface area contributed by atoms with Gasteiger partial charge in [0.25, 0.3) is 0 Å². The molecule has 0 aromatic heterocycles. The van der Waals surface area contributed by atoms with Gasteiger partial charge in [0, 0.05) is 19.3 Å². The maximum Gasteiger partial charge on any atom is 0.306 e. The molecule has 1 unspecified atom stereocenters. The molecule has 6 nitrogen and oxygen atoms in total. The van der Waals surface area contributed by atoms with Gasteiger partial charge >= 0.3 is 17.9 Å². The molecule has 0 aliphatic rings. The summed E-state index contributed by atoms with van der Waals surface area (Å²) in [5.74, 6) is -0.892. The Morgan fingerprint density at radius 1 is 0.328 bits per heavy atom. The number of carbonyl (C=O) groups excluding carboxylic acids is 3. The van der Waals surface area contributed by atoms with E-state index in [-0.39, 0.29) is 31.1 Å². The van der Waals surface area contributed by atoms with Crippen LogP contribution in [0.5, 0.6) is 0 Å². The number of unbranched alkanes of at least 4 members (excludes halogenated alkanes) is 33. The zero-order valence-corrected chi connectivity index (χ0v) is 42.6. The molecule has 0 aliphatic carbocycles. The predicted octanol–water partition coefficient (Wildman–Crippen LogP) is 18.3. The fourth-order valence-corrected chi connectivity index (χ4v) is 7.97. The minimum Gasteiger partial charge on any atom is -0.462 e. The fourth-order valence-electron chi connectivity index (χ4n) is 7.97. The quantitative estimate of drug-likeness (QED) is 0.0199. The van der Waals surface area contributed by atoms with Crippen molar-refractivity contribution in [1.29, 1.82) is 0 Å². The first-order valence-corrected chi connectivity index (χ1v) is 27.7. The first-order chi connectivity index (χ1) is 31.5. The molecule has 0 aromatic rings. The summed E-state index contributed by atoms with van der Waals surface area (Å²) >= 11 is 0. The van der Waals surface area contributed by atoms with Gasteiger partial charge in [0.1, 0.15) is 13.2 Å². The van der Waals surface area contributed by atoms with E-state index in [0.717, 1.165) is 83.5 Å². The molecule has 6 heteroatoms. The van der Waals surface area contributed by atoms with Gasteiger partial charge in [-0.25, -0.2) is 0 Å². The molecule has 0 rings (SSSR count). The number of carbonyl (C=O) groups is 3. The number of hydrogen-bond acceptors (Lipinski definition) is 6. The van der Waals surface area contributed by atoms with Crippen LogP contribution in [0.25, 0.3) is 0 Å². The third-order valence-corrected chi connectivity index (χ3v) is 12.1. The molecule has 0 spiro atoms. The van der Waals surface area contributed by atoms with Gasteiger partial charge in [-0.2, -0.15) is 0 Å². The molecule has 0 fully saturated rings. The Morgan fingerprint density at radius 3 is 1.00 bits per heavy atom. The van der Waals surface area contributed by atoms with Crippen LogP contribution in [-0.2, 0) is 28.6 Å². The standard InChI is InChI=1S/C58H104O6/c1-4-7-10-13-16-19-22-25-27-28-29-31-33-36-39-42-45-48-51-57(60)63-54-55(53-62-56(59)50-47-44-41-38-35-32-24-21-18-15-12-9-6-3)64-58(61)52-49-46-43-40-37-34-30-26-23-20-17-14-11-8-5-2/h9,12,15,18,20-21,23-24,55H,4-8,10-11,13-14,16-17,19,22,25-54H2,1-3H3/b12-9+,18-15+,23-20+,24-21+. The van der Waals surface area contributed by atoms with Crippen LogP contribution in [0.1, 0.15) is 284 Å². The molecule has 0 saturated heterocycles. The van der Waals surface area contributed by atoms with E-state index in [1.165, 1.54) is 161 Å². The molecule has 0 heterocycles. The van der Waals surface area contributed by atoms with Crippen LogP contribution in [-0.4, -0.2) is 37.2 Å². The van der Waals surface area contributed by atoms with Gasteiger partial charge in [0.15, 0.2) is 6.10 Å². The number of ether oxygens (including phenoxy) is 3. The zero-order valence-electron chi connectivity index (χ0n) is 42.6. The Labute approximate surface area is 397 Å². The van der Waals surface area contributed by atoms with E-state index in [9.17, 15) is 14.4 Å². The summed E-state index contributed by atoms with van der Waals surface area (Å²) in [6, 6.07) is 0. The topological polar surface area (TPSA) is 78.9 Å². The van der Waals surface area contributed by atoms with Gasteiger partial charge in [-0.05, 0) is 64.2 Å². The van der Waals surface area contributed by atoms with E-state index in [2.05, 4.69) is 69.4 Å². The summed E-state index contributed by atoms with van der Waals surface area (Å²) in [7, 11) is 0. The maximum atomic E-state index is 12.8. The highest BCUT2D eigenvalue weighted by molar-refractivity contribution is 5.71. The second-order valence-electron chi connectivity index (χ2n) is 18.5. The average molecular weight is 897 g/mol. The zero-order chi connectivity index (χ0) is 46.5. The molecular weight excluding hydrogens is 793 g/mol. The van der Waals surface area contributed by atoms with Crippen molar-refractivity contribution in [1.82, 2.24) is 0 Å². The van der Waals surface area contributed by atoms with E-state index in [1.54, 1.807) is 0 Å². The molecular formula is C58H104O6. The highest BCUT2D eigenvalue weighted by Gasteiger charge is 2.19. The number of esters is 3. The SMILES string of the molecule is CC/C=C/C=C/C=C/CCCCCCCC(=O)OCC(COC(=O)CCCCCCCCCCCCCCCCCCCC)OC(=O)CCCCCCCCC/C=C/CCCCCC. The first kappa shape index (κ1) is 61.4. The van der Waals surface area contributed by atoms with Crippen LogP contribution < -0.4 is 0 Å². The molecule has 0 aliphatic heterocycles. The van der Waals surface area contributed by atoms with Crippen molar-refractivity contribution in [2.75, 3.05) is 13.2 Å². The molecule has 0 saturated carbocycles. The second kappa shape index (κ2) is 53.0. The van der Waals surface area contributed by atoms with Gasteiger partial charge in [0.05, 0.1) is 0 Å². The van der Waals surface area contributed by atoms with Crippen molar-refractivity contribution < 1.29 is 28.6 Å². The van der Waals surface area contributed by atoms with Gasteiger partial charge in [-0.1, -0.05) is 249 Å². The highest BCUT2D eigenvalue weighted by Crippen LogP contribution is 2.16. The van der Waals surface area contributed by atoms with E-state index >= 15 is 0 Å². The lowest BCUT2D eigenvalue weighted by Gasteiger charge is -2.18. The molecule has 0 aromatic carbocycles. The highest BCUT2D eigenvalue weighted by atomic mass is 16.6. The number of allylic oxidation sites excluding steroid dienone is 8. The molecule has 0 radical (unpaired) electrons.